The second-order valence-electron chi connectivity index (χ2n) is 6.28. The second kappa shape index (κ2) is 6.04. The van der Waals surface area contributed by atoms with Crippen LogP contribution in [0.5, 0.6) is 0 Å². The lowest BCUT2D eigenvalue weighted by Crippen LogP contribution is -1.86. The van der Waals surface area contributed by atoms with E-state index in [0.29, 0.717) is 0 Å². The normalized spacial score (nSPS) is 11.5. The van der Waals surface area contributed by atoms with Crippen molar-refractivity contribution in [3.05, 3.63) is 70.8 Å². The van der Waals surface area contributed by atoms with Crippen molar-refractivity contribution >= 4 is 49.1 Å². The van der Waals surface area contributed by atoms with Crippen LogP contribution >= 0.6 is 27.3 Å². The third-order valence-corrected chi connectivity index (χ3v) is 5.88. The number of aryl methyl sites for hydroxylation is 1. The highest BCUT2D eigenvalue weighted by molar-refractivity contribution is 9.10. The van der Waals surface area contributed by atoms with Gasteiger partial charge in [-0.05, 0) is 38.8 Å². The highest BCUT2D eigenvalue weighted by Gasteiger charge is 2.14. The van der Waals surface area contributed by atoms with Crippen LogP contribution in [-0.2, 0) is 7.05 Å². The summed E-state index contributed by atoms with van der Waals surface area (Å²) in [6.07, 6.45) is 3.93. The molecule has 0 aliphatic rings. The molecule has 0 aliphatic heterocycles. The summed E-state index contributed by atoms with van der Waals surface area (Å²) >= 11 is 5.20. The first-order valence-corrected chi connectivity index (χ1v) is 9.92. The van der Waals surface area contributed by atoms with E-state index in [1.165, 1.54) is 10.8 Å². The first-order chi connectivity index (χ1) is 12.7. The summed E-state index contributed by atoms with van der Waals surface area (Å²) in [5.74, 6) is 0. The van der Waals surface area contributed by atoms with Crippen molar-refractivity contribution in [3.8, 4) is 21.8 Å². The van der Waals surface area contributed by atoms with Crippen LogP contribution in [-0.4, -0.2) is 14.5 Å². The number of hydrogen-bond acceptors (Lipinski definition) is 3. The number of fused-ring (bicyclic) bond motifs is 2. The van der Waals surface area contributed by atoms with E-state index in [-0.39, 0.29) is 0 Å². The van der Waals surface area contributed by atoms with Crippen molar-refractivity contribution in [2.45, 2.75) is 0 Å². The molecule has 0 fully saturated rings. The first kappa shape index (κ1) is 15.7. The van der Waals surface area contributed by atoms with Crippen molar-refractivity contribution in [1.82, 2.24) is 14.5 Å². The van der Waals surface area contributed by atoms with Gasteiger partial charge in [0.1, 0.15) is 10.7 Å². The molecule has 3 aromatic heterocycles. The van der Waals surface area contributed by atoms with Gasteiger partial charge in [0.05, 0.1) is 5.69 Å². The minimum Gasteiger partial charge on any atom is -0.335 e. The van der Waals surface area contributed by atoms with E-state index in [1.54, 1.807) is 11.3 Å². The molecule has 5 aromatic rings. The Bertz CT molecular complexity index is 1270. The van der Waals surface area contributed by atoms with Gasteiger partial charge >= 0.3 is 0 Å². The van der Waals surface area contributed by atoms with Gasteiger partial charge in [0.25, 0.3) is 0 Å². The molecular formula is C21H14BrN3S. The van der Waals surface area contributed by atoms with Crippen LogP contribution in [0, 0.1) is 0 Å². The molecule has 5 heteroatoms. The van der Waals surface area contributed by atoms with Crippen LogP contribution in [0.4, 0.5) is 0 Å². The molecule has 0 bridgehead atoms. The van der Waals surface area contributed by atoms with Crippen LogP contribution in [0.3, 0.4) is 0 Å². The Morgan fingerprint density at radius 3 is 2.77 bits per heavy atom. The minimum absolute atomic E-state index is 0.962. The smallest absolute Gasteiger partial charge is 0.140 e. The summed E-state index contributed by atoms with van der Waals surface area (Å²) in [6.45, 7) is 0. The summed E-state index contributed by atoms with van der Waals surface area (Å²) in [6, 6.07) is 17.0. The fourth-order valence-corrected chi connectivity index (χ4v) is 4.44. The van der Waals surface area contributed by atoms with Crippen LogP contribution < -0.4 is 0 Å². The predicted octanol–water partition coefficient (Wildman–Crippen LogP) is 6.28. The quantitative estimate of drug-likeness (QED) is 0.337. The topological polar surface area (TPSA) is 30.7 Å². The number of thiazole rings is 1. The Morgan fingerprint density at radius 1 is 1.04 bits per heavy atom. The van der Waals surface area contributed by atoms with E-state index in [1.807, 2.05) is 17.8 Å². The van der Waals surface area contributed by atoms with Gasteiger partial charge in [-0.25, -0.2) is 9.97 Å². The zero-order valence-electron chi connectivity index (χ0n) is 14.0. The SMILES string of the molecule is Cn1cc(-c2csc(-c3ccc4ccccc4c3)n2)c2cc(Br)cnc21. The number of nitrogens with zero attached hydrogens (tertiary/aromatic N) is 3. The van der Waals surface area contributed by atoms with Gasteiger partial charge in [-0.15, -0.1) is 11.3 Å². The summed E-state index contributed by atoms with van der Waals surface area (Å²) in [4.78, 5) is 9.43. The molecule has 0 atom stereocenters. The zero-order chi connectivity index (χ0) is 17.7. The molecule has 0 spiro atoms. The number of pyridine rings is 1. The van der Waals surface area contributed by atoms with E-state index in [0.717, 1.165) is 37.3 Å². The average Bonchev–Trinajstić information content (AvgIpc) is 3.26. The molecule has 0 saturated heterocycles. The van der Waals surface area contributed by atoms with Gasteiger partial charge < -0.3 is 4.57 Å². The van der Waals surface area contributed by atoms with Gasteiger partial charge in [-0.3, -0.25) is 0 Å². The average molecular weight is 420 g/mol. The molecular weight excluding hydrogens is 406 g/mol. The van der Waals surface area contributed by atoms with Crippen LogP contribution in [0.15, 0.2) is 70.8 Å². The fourth-order valence-electron chi connectivity index (χ4n) is 3.29. The minimum atomic E-state index is 0.962. The summed E-state index contributed by atoms with van der Waals surface area (Å²) in [7, 11) is 2.02. The van der Waals surface area contributed by atoms with Crippen LogP contribution in [0.25, 0.3) is 43.6 Å². The zero-order valence-corrected chi connectivity index (χ0v) is 16.4. The Kier molecular flexibility index (Phi) is 3.65. The number of benzene rings is 2. The largest absolute Gasteiger partial charge is 0.335 e. The Labute approximate surface area is 163 Å². The Hall–Kier alpha value is -2.50. The third-order valence-electron chi connectivity index (χ3n) is 4.56. The molecule has 3 heterocycles. The predicted molar refractivity (Wildman–Crippen MR) is 112 cm³/mol. The lowest BCUT2D eigenvalue weighted by atomic mass is 10.1. The Morgan fingerprint density at radius 2 is 1.88 bits per heavy atom. The number of hydrogen-bond donors (Lipinski definition) is 0. The molecule has 0 N–H and O–H groups in total. The molecule has 5 rings (SSSR count). The van der Waals surface area contributed by atoms with E-state index >= 15 is 0 Å². The van der Waals surface area contributed by atoms with Crippen LogP contribution in [0.2, 0.25) is 0 Å². The molecule has 0 aliphatic carbocycles. The molecule has 126 valence electrons. The summed E-state index contributed by atoms with van der Waals surface area (Å²) in [5, 5.41) is 6.75. The maximum atomic E-state index is 4.91. The van der Waals surface area contributed by atoms with E-state index in [9.17, 15) is 0 Å². The van der Waals surface area contributed by atoms with E-state index in [2.05, 4.69) is 81.0 Å². The van der Waals surface area contributed by atoms with Crippen molar-refractivity contribution in [2.75, 3.05) is 0 Å². The van der Waals surface area contributed by atoms with E-state index < -0.39 is 0 Å². The Balaban J connectivity index is 1.63. The van der Waals surface area contributed by atoms with Crippen molar-refractivity contribution in [1.29, 1.82) is 0 Å². The molecule has 3 nitrogen and oxygen atoms in total. The van der Waals surface area contributed by atoms with Gasteiger partial charge in [0, 0.05) is 45.8 Å². The van der Waals surface area contributed by atoms with Gasteiger partial charge in [0.15, 0.2) is 0 Å². The van der Waals surface area contributed by atoms with Crippen molar-refractivity contribution < 1.29 is 0 Å². The van der Waals surface area contributed by atoms with Gasteiger partial charge in [-0.1, -0.05) is 36.4 Å². The molecule has 0 saturated carbocycles. The van der Waals surface area contributed by atoms with Crippen molar-refractivity contribution in [2.24, 2.45) is 7.05 Å². The van der Waals surface area contributed by atoms with Gasteiger partial charge in [0.2, 0.25) is 0 Å². The third kappa shape index (κ3) is 2.55. The van der Waals surface area contributed by atoms with E-state index in [4.69, 9.17) is 4.98 Å². The van der Waals surface area contributed by atoms with Gasteiger partial charge in [-0.2, -0.15) is 0 Å². The molecule has 2 aromatic carbocycles. The monoisotopic (exact) mass is 419 g/mol. The molecule has 0 unspecified atom stereocenters. The number of halogens is 1. The highest BCUT2D eigenvalue weighted by Crippen LogP contribution is 2.35. The standard InChI is InChI=1S/C21H14BrN3S/c1-25-11-18(17-9-16(22)10-23-20(17)25)19-12-26-21(24-19)15-7-6-13-4-2-3-5-14(13)8-15/h2-12H,1H3. The van der Waals surface area contributed by atoms with Crippen molar-refractivity contribution in [3.63, 3.8) is 0 Å². The maximum Gasteiger partial charge on any atom is 0.140 e. The molecule has 0 amide bonds. The maximum absolute atomic E-state index is 4.91. The number of rotatable bonds is 2. The second-order valence-corrected chi connectivity index (χ2v) is 8.05. The van der Waals surface area contributed by atoms with Crippen LogP contribution in [0.1, 0.15) is 0 Å². The number of aromatic nitrogens is 3. The lowest BCUT2D eigenvalue weighted by molar-refractivity contribution is 0.948. The summed E-state index contributed by atoms with van der Waals surface area (Å²) < 4.78 is 3.02. The lowest BCUT2D eigenvalue weighted by Gasteiger charge is -2.00. The summed E-state index contributed by atoms with van der Waals surface area (Å²) in [5.41, 5.74) is 4.21. The fraction of sp³-hybridized carbons (Fsp3) is 0.0476. The first-order valence-electron chi connectivity index (χ1n) is 8.25. The molecule has 26 heavy (non-hydrogen) atoms. The highest BCUT2D eigenvalue weighted by atomic mass is 79.9. The molecule has 0 radical (unpaired) electrons.